The number of hydrogen-bond donors (Lipinski definition) is 0. The summed E-state index contributed by atoms with van der Waals surface area (Å²) in [5, 5.41) is 5.02. The van der Waals surface area contributed by atoms with Gasteiger partial charge in [0.25, 0.3) is 0 Å². The maximum Gasteiger partial charge on any atom is 0.434 e. The quantitative estimate of drug-likeness (QED) is 0.673. The van der Waals surface area contributed by atoms with Gasteiger partial charge in [0.1, 0.15) is 5.56 Å². The van der Waals surface area contributed by atoms with Gasteiger partial charge < -0.3 is 4.74 Å². The Morgan fingerprint density at radius 2 is 2.00 bits per heavy atom. The molecule has 2 aromatic heterocycles. The number of fused-ring (bicyclic) bond motifs is 1. The number of esters is 1. The lowest BCUT2D eigenvalue weighted by molar-refractivity contribution is -0.143. The van der Waals surface area contributed by atoms with E-state index in [4.69, 9.17) is 4.74 Å². The summed E-state index contributed by atoms with van der Waals surface area (Å²) in [6, 6.07) is 5.36. The van der Waals surface area contributed by atoms with E-state index in [1.54, 1.807) is 18.3 Å². The lowest BCUT2D eigenvalue weighted by atomic mass is 10.1. The van der Waals surface area contributed by atoms with Crippen LogP contribution in [0, 0.1) is 6.92 Å². The van der Waals surface area contributed by atoms with Crippen LogP contribution >= 0.6 is 0 Å². The maximum absolute atomic E-state index is 13.6. The Labute approximate surface area is 141 Å². The summed E-state index contributed by atoms with van der Waals surface area (Å²) in [4.78, 5) is 15.9. The van der Waals surface area contributed by atoms with E-state index in [1.165, 1.54) is 13.1 Å². The van der Waals surface area contributed by atoms with Crippen LogP contribution in [-0.4, -0.2) is 27.3 Å². The number of carbonyl (C=O) groups excluding carboxylic acids is 1. The van der Waals surface area contributed by atoms with Crippen molar-refractivity contribution in [3.05, 3.63) is 53.6 Å². The average molecular weight is 349 g/mol. The van der Waals surface area contributed by atoms with Gasteiger partial charge in [0.2, 0.25) is 0 Å². The number of nitrogens with zero attached hydrogens (tertiary/aromatic N) is 3. The minimum Gasteiger partial charge on any atom is -0.462 e. The van der Waals surface area contributed by atoms with E-state index in [2.05, 4.69) is 10.1 Å². The van der Waals surface area contributed by atoms with Gasteiger partial charge in [0, 0.05) is 17.0 Å². The number of hydrogen-bond acceptors (Lipinski definition) is 4. The minimum absolute atomic E-state index is 0.0314. The molecule has 25 heavy (non-hydrogen) atoms. The molecule has 0 aliphatic carbocycles. The number of halogens is 3. The molecule has 0 saturated carbocycles. The van der Waals surface area contributed by atoms with Crippen LogP contribution in [-0.2, 0) is 10.9 Å². The van der Waals surface area contributed by atoms with Gasteiger partial charge in [-0.3, -0.25) is 4.98 Å². The molecule has 0 radical (unpaired) electrons. The third kappa shape index (κ3) is 3.07. The fourth-order valence-electron chi connectivity index (χ4n) is 2.59. The Bertz CT molecular complexity index is 948. The highest BCUT2D eigenvalue weighted by atomic mass is 19.4. The molecule has 2 heterocycles. The van der Waals surface area contributed by atoms with Crippen LogP contribution in [0.5, 0.6) is 0 Å². The molecule has 130 valence electrons. The highest BCUT2D eigenvalue weighted by molar-refractivity contribution is 5.92. The summed E-state index contributed by atoms with van der Waals surface area (Å²) in [6.07, 6.45) is -1.07. The van der Waals surface area contributed by atoms with Crippen molar-refractivity contribution >= 4 is 16.7 Å². The fourth-order valence-corrected chi connectivity index (χ4v) is 2.59. The first-order valence-electron chi connectivity index (χ1n) is 7.50. The minimum atomic E-state index is -4.79. The fraction of sp³-hybridized carbons (Fsp3) is 0.235. The maximum atomic E-state index is 13.6. The van der Waals surface area contributed by atoms with E-state index in [0.29, 0.717) is 15.5 Å². The van der Waals surface area contributed by atoms with Crippen molar-refractivity contribution in [2.75, 3.05) is 6.61 Å². The van der Waals surface area contributed by atoms with Crippen LogP contribution < -0.4 is 0 Å². The van der Waals surface area contributed by atoms with Gasteiger partial charge in [0.05, 0.1) is 24.7 Å². The molecule has 0 aliphatic heterocycles. The lowest BCUT2D eigenvalue weighted by Crippen LogP contribution is -2.18. The molecular weight excluding hydrogens is 335 g/mol. The van der Waals surface area contributed by atoms with E-state index >= 15 is 0 Å². The van der Waals surface area contributed by atoms with Crippen molar-refractivity contribution in [3.8, 4) is 5.69 Å². The van der Waals surface area contributed by atoms with Crippen molar-refractivity contribution in [1.29, 1.82) is 0 Å². The number of pyridine rings is 1. The zero-order valence-electron chi connectivity index (χ0n) is 13.5. The molecule has 0 bridgehead atoms. The predicted molar refractivity (Wildman–Crippen MR) is 84.6 cm³/mol. The van der Waals surface area contributed by atoms with Gasteiger partial charge in [-0.05, 0) is 19.9 Å². The van der Waals surface area contributed by atoms with Gasteiger partial charge in [-0.2, -0.15) is 18.3 Å². The van der Waals surface area contributed by atoms with Gasteiger partial charge in [-0.15, -0.1) is 0 Å². The lowest BCUT2D eigenvalue weighted by Gasteiger charge is -2.14. The number of aryl methyl sites for hydroxylation is 1. The van der Waals surface area contributed by atoms with Crippen molar-refractivity contribution in [2.24, 2.45) is 0 Å². The smallest absolute Gasteiger partial charge is 0.434 e. The summed E-state index contributed by atoms with van der Waals surface area (Å²) in [5.41, 5.74) is -0.781. The number of alkyl halides is 3. The second-order valence-electron chi connectivity index (χ2n) is 5.42. The Balaban J connectivity index is 2.28. The van der Waals surface area contributed by atoms with E-state index in [-0.39, 0.29) is 12.3 Å². The topological polar surface area (TPSA) is 57.0 Å². The highest BCUT2D eigenvalue weighted by Gasteiger charge is 2.41. The highest BCUT2D eigenvalue weighted by Crippen LogP contribution is 2.35. The Hall–Kier alpha value is -2.90. The Kier molecular flexibility index (Phi) is 4.20. The molecule has 0 N–H and O–H groups in total. The van der Waals surface area contributed by atoms with E-state index < -0.39 is 23.4 Å². The van der Waals surface area contributed by atoms with Crippen LogP contribution in [0.1, 0.15) is 28.5 Å². The summed E-state index contributed by atoms with van der Waals surface area (Å²) < 4.78 is 46.3. The zero-order valence-corrected chi connectivity index (χ0v) is 13.5. The van der Waals surface area contributed by atoms with Crippen LogP contribution in [0.15, 0.2) is 36.8 Å². The number of rotatable bonds is 3. The normalized spacial score (nSPS) is 11.7. The third-order valence-electron chi connectivity index (χ3n) is 3.66. The average Bonchev–Trinajstić information content (AvgIpc) is 2.99. The molecule has 3 rings (SSSR count). The summed E-state index contributed by atoms with van der Waals surface area (Å²) in [5.74, 6) is -1.06. The third-order valence-corrected chi connectivity index (χ3v) is 3.66. The van der Waals surface area contributed by atoms with Crippen LogP contribution in [0.25, 0.3) is 16.5 Å². The molecule has 0 saturated heterocycles. The molecule has 1 aromatic carbocycles. The van der Waals surface area contributed by atoms with E-state index in [9.17, 15) is 18.0 Å². The van der Waals surface area contributed by atoms with E-state index in [0.717, 1.165) is 11.8 Å². The molecule has 0 fully saturated rings. The summed E-state index contributed by atoms with van der Waals surface area (Å²) >= 11 is 0. The van der Waals surface area contributed by atoms with Gasteiger partial charge in [-0.25, -0.2) is 9.48 Å². The summed E-state index contributed by atoms with van der Waals surface area (Å²) in [7, 11) is 0. The van der Waals surface area contributed by atoms with E-state index in [1.807, 2.05) is 13.0 Å². The van der Waals surface area contributed by atoms with Gasteiger partial charge in [-0.1, -0.05) is 17.7 Å². The molecular formula is C17H14F3N3O2. The second-order valence-corrected chi connectivity index (χ2v) is 5.42. The standard InChI is InChI=1S/C17H14F3N3O2/c1-3-25-16(24)13-8-22-23(15(13)17(18,19)20)14-9-21-7-11-5-4-10(2)6-12(11)14/h4-9H,3H2,1-2H3. The second kappa shape index (κ2) is 6.19. The molecule has 8 heteroatoms. The monoisotopic (exact) mass is 349 g/mol. The largest absolute Gasteiger partial charge is 0.462 e. The SMILES string of the molecule is CCOC(=O)c1cnn(-c2cncc3ccc(C)cc23)c1C(F)(F)F. The molecule has 3 aromatic rings. The first-order valence-corrected chi connectivity index (χ1v) is 7.50. The van der Waals surface area contributed by atoms with Crippen LogP contribution in [0.3, 0.4) is 0 Å². The van der Waals surface area contributed by atoms with Crippen molar-refractivity contribution in [2.45, 2.75) is 20.0 Å². The van der Waals surface area contributed by atoms with Crippen molar-refractivity contribution < 1.29 is 22.7 Å². The Morgan fingerprint density at radius 3 is 2.68 bits per heavy atom. The van der Waals surface area contributed by atoms with Crippen molar-refractivity contribution in [1.82, 2.24) is 14.8 Å². The zero-order chi connectivity index (χ0) is 18.2. The van der Waals surface area contributed by atoms with Gasteiger partial charge >= 0.3 is 12.1 Å². The molecule has 0 unspecified atom stereocenters. The van der Waals surface area contributed by atoms with Crippen LogP contribution in [0.2, 0.25) is 0 Å². The van der Waals surface area contributed by atoms with Crippen LogP contribution in [0.4, 0.5) is 13.2 Å². The first-order chi connectivity index (χ1) is 11.8. The molecule has 5 nitrogen and oxygen atoms in total. The predicted octanol–water partition coefficient (Wildman–Crippen LogP) is 3.92. The summed E-state index contributed by atoms with van der Waals surface area (Å²) in [6.45, 7) is 3.32. The van der Waals surface area contributed by atoms with Crippen molar-refractivity contribution in [3.63, 3.8) is 0 Å². The number of carbonyl (C=O) groups is 1. The molecule has 0 amide bonds. The number of benzene rings is 1. The number of aromatic nitrogens is 3. The molecule has 0 spiro atoms. The Morgan fingerprint density at radius 1 is 1.24 bits per heavy atom. The molecule has 0 aliphatic rings. The first kappa shape index (κ1) is 16.9. The van der Waals surface area contributed by atoms with Gasteiger partial charge in [0.15, 0.2) is 5.69 Å². The molecule has 0 atom stereocenters. The number of ether oxygens (including phenoxy) is 1.